The number of aliphatic carboxylic acids is 1. The molecule has 0 aliphatic heterocycles. The van der Waals surface area contributed by atoms with Crippen LogP contribution in [0.2, 0.25) is 0 Å². The van der Waals surface area contributed by atoms with Crippen LogP contribution in [0.15, 0.2) is 12.4 Å². The van der Waals surface area contributed by atoms with Gasteiger partial charge in [0.1, 0.15) is 0 Å². The fourth-order valence-corrected chi connectivity index (χ4v) is 1.48. The molecule has 0 amide bonds. The van der Waals surface area contributed by atoms with E-state index in [4.69, 9.17) is 5.11 Å². The highest BCUT2D eigenvalue weighted by Gasteiger charge is 2.15. The Hall–Kier alpha value is -1.25. The van der Waals surface area contributed by atoms with Crippen molar-refractivity contribution >= 4 is 5.97 Å². The van der Waals surface area contributed by atoms with Crippen LogP contribution in [0.3, 0.4) is 0 Å². The molecule has 3 heteroatoms. The molecule has 1 N–H and O–H groups in total. The molecule has 1 aromatic heterocycles. The van der Waals surface area contributed by atoms with Gasteiger partial charge in [0.25, 0.3) is 0 Å². The SMILES string of the molecule is CCC(Cn1cc(C)c(C)c1)C(=O)O. The van der Waals surface area contributed by atoms with Gasteiger partial charge in [-0.05, 0) is 31.4 Å². The topological polar surface area (TPSA) is 42.2 Å². The molecule has 0 radical (unpaired) electrons. The second kappa shape index (κ2) is 4.31. The summed E-state index contributed by atoms with van der Waals surface area (Å²) in [4.78, 5) is 10.8. The average Bonchev–Trinajstić information content (AvgIpc) is 2.41. The van der Waals surface area contributed by atoms with E-state index < -0.39 is 5.97 Å². The number of carboxylic acids is 1. The van der Waals surface area contributed by atoms with Crippen LogP contribution in [0.25, 0.3) is 0 Å². The molecule has 0 aliphatic carbocycles. The minimum atomic E-state index is -0.712. The van der Waals surface area contributed by atoms with E-state index in [-0.39, 0.29) is 5.92 Å². The number of carboxylic acid groups (broad SMARTS) is 1. The van der Waals surface area contributed by atoms with Crippen LogP contribution in [0.1, 0.15) is 24.5 Å². The van der Waals surface area contributed by atoms with Gasteiger partial charge >= 0.3 is 5.97 Å². The molecular formula is C11H17NO2. The van der Waals surface area contributed by atoms with Crippen molar-refractivity contribution in [2.75, 3.05) is 0 Å². The predicted molar refractivity (Wildman–Crippen MR) is 55.3 cm³/mol. The summed E-state index contributed by atoms with van der Waals surface area (Å²) < 4.78 is 1.97. The molecule has 78 valence electrons. The standard InChI is InChI=1S/C11H17NO2/c1-4-10(11(13)14)7-12-5-8(2)9(3)6-12/h5-6,10H,4,7H2,1-3H3,(H,13,14). The van der Waals surface area contributed by atoms with E-state index in [9.17, 15) is 4.79 Å². The highest BCUT2D eigenvalue weighted by atomic mass is 16.4. The van der Waals surface area contributed by atoms with E-state index in [0.29, 0.717) is 13.0 Å². The number of rotatable bonds is 4. The maximum Gasteiger partial charge on any atom is 0.308 e. The van der Waals surface area contributed by atoms with Gasteiger partial charge < -0.3 is 9.67 Å². The minimum absolute atomic E-state index is 0.277. The molecule has 0 saturated carbocycles. The lowest BCUT2D eigenvalue weighted by Gasteiger charge is -2.10. The van der Waals surface area contributed by atoms with Gasteiger partial charge in [-0.1, -0.05) is 6.92 Å². The molecule has 1 aromatic rings. The lowest BCUT2D eigenvalue weighted by molar-refractivity contribution is -0.142. The van der Waals surface area contributed by atoms with Crippen LogP contribution >= 0.6 is 0 Å². The van der Waals surface area contributed by atoms with Gasteiger partial charge in [0.2, 0.25) is 0 Å². The normalized spacial score (nSPS) is 12.8. The third kappa shape index (κ3) is 2.37. The second-order valence-corrected chi connectivity index (χ2v) is 3.76. The summed E-state index contributed by atoms with van der Waals surface area (Å²) in [6.07, 6.45) is 4.67. The van der Waals surface area contributed by atoms with E-state index >= 15 is 0 Å². The molecule has 14 heavy (non-hydrogen) atoms. The van der Waals surface area contributed by atoms with Crippen LogP contribution in [0, 0.1) is 19.8 Å². The summed E-state index contributed by atoms with van der Waals surface area (Å²) in [6.45, 7) is 6.55. The van der Waals surface area contributed by atoms with E-state index in [1.807, 2.05) is 37.7 Å². The number of hydrogen-bond acceptors (Lipinski definition) is 1. The van der Waals surface area contributed by atoms with E-state index in [1.54, 1.807) is 0 Å². The van der Waals surface area contributed by atoms with E-state index in [1.165, 1.54) is 11.1 Å². The lowest BCUT2D eigenvalue weighted by atomic mass is 10.1. The first kappa shape index (κ1) is 10.8. The van der Waals surface area contributed by atoms with Gasteiger partial charge in [-0.3, -0.25) is 4.79 Å². The van der Waals surface area contributed by atoms with Crippen LogP contribution < -0.4 is 0 Å². The zero-order valence-electron chi connectivity index (χ0n) is 8.95. The van der Waals surface area contributed by atoms with Gasteiger partial charge in [0.15, 0.2) is 0 Å². The summed E-state index contributed by atoms with van der Waals surface area (Å²) in [5, 5.41) is 8.90. The minimum Gasteiger partial charge on any atom is -0.481 e. The molecule has 0 bridgehead atoms. The lowest BCUT2D eigenvalue weighted by Crippen LogP contribution is -2.18. The van der Waals surface area contributed by atoms with Crippen molar-refractivity contribution in [3.63, 3.8) is 0 Å². The number of aryl methyl sites for hydroxylation is 2. The summed E-state index contributed by atoms with van der Waals surface area (Å²) in [7, 11) is 0. The molecule has 1 unspecified atom stereocenters. The predicted octanol–water partition coefficient (Wildman–Crippen LogP) is 2.22. The summed E-state index contributed by atoms with van der Waals surface area (Å²) in [6, 6.07) is 0. The smallest absolute Gasteiger partial charge is 0.308 e. The van der Waals surface area contributed by atoms with Gasteiger partial charge in [-0.15, -0.1) is 0 Å². The van der Waals surface area contributed by atoms with Crippen molar-refractivity contribution in [3.05, 3.63) is 23.5 Å². The third-order valence-electron chi connectivity index (χ3n) is 2.61. The summed E-state index contributed by atoms with van der Waals surface area (Å²) in [5.74, 6) is -0.988. The van der Waals surface area contributed by atoms with Crippen molar-refractivity contribution in [3.8, 4) is 0 Å². The number of nitrogens with zero attached hydrogens (tertiary/aromatic N) is 1. The fourth-order valence-electron chi connectivity index (χ4n) is 1.48. The third-order valence-corrected chi connectivity index (χ3v) is 2.61. The largest absolute Gasteiger partial charge is 0.481 e. The first-order valence-corrected chi connectivity index (χ1v) is 4.90. The molecule has 0 aromatic carbocycles. The number of hydrogen-bond donors (Lipinski definition) is 1. The summed E-state index contributed by atoms with van der Waals surface area (Å²) >= 11 is 0. The Bertz CT molecular complexity index is 309. The Labute approximate surface area is 84.4 Å². The molecule has 3 nitrogen and oxygen atoms in total. The zero-order chi connectivity index (χ0) is 10.7. The zero-order valence-corrected chi connectivity index (χ0v) is 8.95. The quantitative estimate of drug-likeness (QED) is 0.800. The Balaban J connectivity index is 2.72. The van der Waals surface area contributed by atoms with Gasteiger partial charge in [-0.2, -0.15) is 0 Å². The van der Waals surface area contributed by atoms with Crippen molar-refractivity contribution < 1.29 is 9.90 Å². The Morgan fingerprint density at radius 2 is 1.93 bits per heavy atom. The maximum atomic E-state index is 10.8. The maximum absolute atomic E-state index is 10.8. The van der Waals surface area contributed by atoms with Crippen LogP contribution in [-0.2, 0) is 11.3 Å². The van der Waals surface area contributed by atoms with Crippen molar-refractivity contribution in [1.29, 1.82) is 0 Å². The molecular weight excluding hydrogens is 178 g/mol. The second-order valence-electron chi connectivity index (χ2n) is 3.76. The molecule has 0 fully saturated rings. The van der Waals surface area contributed by atoms with Crippen molar-refractivity contribution in [1.82, 2.24) is 4.57 Å². The highest BCUT2D eigenvalue weighted by Crippen LogP contribution is 2.12. The van der Waals surface area contributed by atoms with Crippen molar-refractivity contribution in [2.45, 2.75) is 33.7 Å². The molecule has 1 heterocycles. The average molecular weight is 195 g/mol. The van der Waals surface area contributed by atoms with Crippen molar-refractivity contribution in [2.24, 2.45) is 5.92 Å². The monoisotopic (exact) mass is 195 g/mol. The molecule has 0 spiro atoms. The first-order valence-electron chi connectivity index (χ1n) is 4.90. The molecule has 1 rings (SSSR count). The fraction of sp³-hybridized carbons (Fsp3) is 0.545. The van der Waals surface area contributed by atoms with Gasteiger partial charge in [-0.25, -0.2) is 0 Å². The highest BCUT2D eigenvalue weighted by molar-refractivity contribution is 5.69. The number of carbonyl (C=O) groups is 1. The Morgan fingerprint density at radius 3 is 2.29 bits per heavy atom. The van der Waals surface area contributed by atoms with Gasteiger partial charge in [0.05, 0.1) is 5.92 Å². The van der Waals surface area contributed by atoms with Crippen LogP contribution in [-0.4, -0.2) is 15.6 Å². The van der Waals surface area contributed by atoms with Crippen LogP contribution in [0.5, 0.6) is 0 Å². The Kier molecular flexibility index (Phi) is 3.33. The first-order chi connectivity index (χ1) is 6.54. The van der Waals surface area contributed by atoms with E-state index in [2.05, 4.69) is 0 Å². The molecule has 0 aliphatic rings. The number of aromatic nitrogens is 1. The molecule has 1 atom stereocenters. The molecule has 0 saturated heterocycles. The summed E-state index contributed by atoms with van der Waals surface area (Å²) in [5.41, 5.74) is 2.43. The van der Waals surface area contributed by atoms with Gasteiger partial charge in [0, 0.05) is 18.9 Å². The Morgan fingerprint density at radius 1 is 1.43 bits per heavy atom. The van der Waals surface area contributed by atoms with Crippen LogP contribution in [0.4, 0.5) is 0 Å². The van der Waals surface area contributed by atoms with E-state index in [0.717, 1.165) is 0 Å².